The Labute approximate surface area is 117 Å². The van der Waals surface area contributed by atoms with E-state index in [0.29, 0.717) is 13.0 Å². The molecule has 0 aliphatic rings. The van der Waals surface area contributed by atoms with Gasteiger partial charge in [-0.15, -0.1) is 6.58 Å². The van der Waals surface area contributed by atoms with Gasteiger partial charge in [-0.25, -0.2) is 0 Å². The third-order valence-corrected chi connectivity index (χ3v) is 2.75. The predicted molar refractivity (Wildman–Crippen MR) is 83.2 cm³/mol. The number of hydrogen-bond donors (Lipinski definition) is 2. The molecule has 108 valence electrons. The van der Waals surface area contributed by atoms with Gasteiger partial charge < -0.3 is 15.7 Å². The average Bonchev–Trinajstić information content (AvgIpc) is 2.42. The van der Waals surface area contributed by atoms with Crippen molar-refractivity contribution < 1.29 is 5.11 Å². The van der Waals surface area contributed by atoms with Crippen LogP contribution in [-0.2, 0) is 6.42 Å². The minimum Gasteiger partial charge on any atom is -0.390 e. The fourth-order valence-corrected chi connectivity index (χ4v) is 1.77. The Morgan fingerprint density at radius 3 is 2.42 bits per heavy atom. The minimum absolute atomic E-state index is 0.232. The van der Waals surface area contributed by atoms with Crippen molar-refractivity contribution in [3.05, 3.63) is 48.6 Å². The Balaban J connectivity index is 0.00000154. The summed E-state index contributed by atoms with van der Waals surface area (Å²) < 4.78 is 0. The third-order valence-electron chi connectivity index (χ3n) is 2.75. The van der Waals surface area contributed by atoms with Gasteiger partial charge in [0.15, 0.2) is 0 Å². The fourth-order valence-electron chi connectivity index (χ4n) is 1.77. The number of rotatable bonds is 7. The Kier molecular flexibility index (Phi) is 10.1. The smallest absolute Gasteiger partial charge is 0.0820 e. The molecule has 0 saturated heterocycles. The second-order valence-corrected chi connectivity index (χ2v) is 4.43. The van der Waals surface area contributed by atoms with Crippen molar-refractivity contribution in [3.63, 3.8) is 0 Å². The first-order chi connectivity index (χ1) is 9.13. The topological polar surface area (TPSA) is 49.5 Å². The van der Waals surface area contributed by atoms with Gasteiger partial charge in [0.1, 0.15) is 0 Å². The highest BCUT2D eigenvalue weighted by atomic mass is 16.3. The molecule has 0 saturated carbocycles. The molecular formula is C16H28N2O. The van der Waals surface area contributed by atoms with Crippen LogP contribution in [0.4, 0.5) is 0 Å². The molecular weight excluding hydrogens is 236 g/mol. The van der Waals surface area contributed by atoms with Crippen molar-refractivity contribution in [1.82, 2.24) is 4.90 Å². The molecule has 0 aliphatic heterocycles. The summed E-state index contributed by atoms with van der Waals surface area (Å²) in [5.41, 5.74) is 7.15. The van der Waals surface area contributed by atoms with E-state index in [0.717, 1.165) is 12.1 Å². The lowest BCUT2D eigenvalue weighted by molar-refractivity contribution is 0.106. The number of nitrogens with two attached hydrogens (primary N) is 1. The van der Waals surface area contributed by atoms with E-state index in [2.05, 4.69) is 6.58 Å². The summed E-state index contributed by atoms with van der Waals surface area (Å²) in [5.74, 6) is 0. The van der Waals surface area contributed by atoms with Crippen molar-refractivity contribution in [3.8, 4) is 0 Å². The van der Waals surface area contributed by atoms with Crippen molar-refractivity contribution in [2.75, 3.05) is 20.1 Å². The molecule has 3 nitrogen and oxygen atoms in total. The SMILES string of the molecule is C=CCN(C)C[C@@H](O)[C@@H](N)Cc1ccccc1.CC. The van der Waals surface area contributed by atoms with Crippen LogP contribution in [0.25, 0.3) is 0 Å². The number of hydrogen-bond acceptors (Lipinski definition) is 3. The van der Waals surface area contributed by atoms with Gasteiger partial charge in [-0.05, 0) is 19.0 Å². The fraction of sp³-hybridized carbons (Fsp3) is 0.500. The second-order valence-electron chi connectivity index (χ2n) is 4.43. The molecule has 0 aliphatic carbocycles. The van der Waals surface area contributed by atoms with Gasteiger partial charge in [0.2, 0.25) is 0 Å². The molecule has 0 heterocycles. The van der Waals surface area contributed by atoms with E-state index < -0.39 is 6.10 Å². The van der Waals surface area contributed by atoms with Gasteiger partial charge >= 0.3 is 0 Å². The monoisotopic (exact) mass is 264 g/mol. The standard InChI is InChI=1S/C14H22N2O.C2H6/c1-3-9-16(2)11-14(17)13(15)10-12-7-5-4-6-8-12;1-2/h3-8,13-14,17H,1,9-11,15H2,2H3;1-2H3/t13-,14+;/m0./s1. The molecule has 0 aromatic heterocycles. The zero-order valence-corrected chi connectivity index (χ0v) is 12.4. The van der Waals surface area contributed by atoms with Gasteiger partial charge in [-0.1, -0.05) is 50.3 Å². The van der Waals surface area contributed by atoms with Crippen molar-refractivity contribution >= 4 is 0 Å². The molecule has 0 spiro atoms. The Morgan fingerprint density at radius 2 is 1.89 bits per heavy atom. The molecule has 0 bridgehead atoms. The summed E-state index contributed by atoms with van der Waals surface area (Å²) >= 11 is 0. The molecule has 0 radical (unpaired) electrons. The van der Waals surface area contributed by atoms with Crippen LogP contribution in [0.3, 0.4) is 0 Å². The first-order valence-electron chi connectivity index (χ1n) is 6.90. The largest absolute Gasteiger partial charge is 0.390 e. The van der Waals surface area contributed by atoms with Crippen LogP contribution < -0.4 is 5.73 Å². The average molecular weight is 264 g/mol. The summed E-state index contributed by atoms with van der Waals surface area (Å²) in [7, 11) is 1.94. The van der Waals surface area contributed by atoms with Gasteiger partial charge in [-0.3, -0.25) is 0 Å². The maximum absolute atomic E-state index is 9.98. The maximum Gasteiger partial charge on any atom is 0.0820 e. The van der Waals surface area contributed by atoms with E-state index in [1.165, 1.54) is 0 Å². The van der Waals surface area contributed by atoms with E-state index >= 15 is 0 Å². The minimum atomic E-state index is -0.514. The molecule has 0 unspecified atom stereocenters. The number of nitrogens with zero attached hydrogens (tertiary/aromatic N) is 1. The lowest BCUT2D eigenvalue weighted by Gasteiger charge is -2.23. The molecule has 3 N–H and O–H groups in total. The summed E-state index contributed by atoms with van der Waals surface area (Å²) in [5, 5.41) is 9.98. The highest BCUT2D eigenvalue weighted by Gasteiger charge is 2.16. The van der Waals surface area contributed by atoms with Crippen LogP contribution in [0.5, 0.6) is 0 Å². The second kappa shape index (κ2) is 10.7. The van der Waals surface area contributed by atoms with E-state index in [-0.39, 0.29) is 6.04 Å². The summed E-state index contributed by atoms with van der Waals surface area (Å²) in [6.45, 7) is 8.99. The molecule has 1 rings (SSSR count). The number of likely N-dealkylation sites (N-methyl/N-ethyl adjacent to an activating group) is 1. The first kappa shape index (κ1) is 17.8. The number of aliphatic hydroxyl groups excluding tert-OH is 1. The van der Waals surface area contributed by atoms with E-state index in [1.54, 1.807) is 0 Å². The van der Waals surface area contributed by atoms with Crippen molar-refractivity contribution in [2.45, 2.75) is 32.4 Å². The lowest BCUT2D eigenvalue weighted by Crippen LogP contribution is -2.43. The van der Waals surface area contributed by atoms with Gasteiger partial charge in [0.25, 0.3) is 0 Å². The summed E-state index contributed by atoms with van der Waals surface area (Å²) in [6.07, 6.45) is 2.00. The number of benzene rings is 1. The molecule has 1 aromatic rings. The summed E-state index contributed by atoms with van der Waals surface area (Å²) in [6, 6.07) is 9.77. The number of aliphatic hydroxyl groups is 1. The molecule has 19 heavy (non-hydrogen) atoms. The molecule has 3 heteroatoms. The van der Waals surface area contributed by atoms with Crippen LogP contribution in [-0.4, -0.2) is 42.3 Å². The maximum atomic E-state index is 9.98. The molecule has 1 aromatic carbocycles. The quantitative estimate of drug-likeness (QED) is 0.741. The Hall–Kier alpha value is -1.16. The van der Waals surface area contributed by atoms with E-state index in [9.17, 15) is 5.11 Å². The normalized spacial score (nSPS) is 13.4. The van der Waals surface area contributed by atoms with Gasteiger partial charge in [0, 0.05) is 19.1 Å². The predicted octanol–water partition coefficient (Wildman–Crippen LogP) is 2.06. The Bertz CT molecular complexity index is 327. The Morgan fingerprint density at radius 1 is 1.32 bits per heavy atom. The summed E-state index contributed by atoms with van der Waals surface area (Å²) in [4.78, 5) is 2.00. The van der Waals surface area contributed by atoms with E-state index in [1.807, 2.05) is 62.2 Å². The van der Waals surface area contributed by atoms with Gasteiger partial charge in [0.05, 0.1) is 6.10 Å². The molecule has 0 amide bonds. The van der Waals surface area contributed by atoms with Crippen LogP contribution >= 0.6 is 0 Å². The van der Waals surface area contributed by atoms with Crippen LogP contribution in [0.1, 0.15) is 19.4 Å². The highest BCUT2D eigenvalue weighted by Crippen LogP contribution is 2.05. The van der Waals surface area contributed by atoms with Crippen LogP contribution in [0.2, 0.25) is 0 Å². The van der Waals surface area contributed by atoms with Crippen LogP contribution in [0, 0.1) is 0 Å². The first-order valence-corrected chi connectivity index (χ1v) is 6.90. The third kappa shape index (κ3) is 7.78. The van der Waals surface area contributed by atoms with Crippen LogP contribution in [0.15, 0.2) is 43.0 Å². The van der Waals surface area contributed by atoms with Gasteiger partial charge in [-0.2, -0.15) is 0 Å². The highest BCUT2D eigenvalue weighted by molar-refractivity contribution is 5.16. The van der Waals surface area contributed by atoms with Crippen molar-refractivity contribution in [1.29, 1.82) is 0 Å². The van der Waals surface area contributed by atoms with E-state index in [4.69, 9.17) is 5.73 Å². The molecule has 0 fully saturated rings. The zero-order chi connectivity index (χ0) is 14.7. The molecule has 2 atom stereocenters. The van der Waals surface area contributed by atoms with Crippen molar-refractivity contribution in [2.24, 2.45) is 5.73 Å². The zero-order valence-electron chi connectivity index (χ0n) is 12.4. The lowest BCUT2D eigenvalue weighted by atomic mass is 10.0.